The van der Waals surface area contributed by atoms with E-state index in [4.69, 9.17) is 9.47 Å². The molecule has 26 heavy (non-hydrogen) atoms. The average Bonchev–Trinajstić information content (AvgIpc) is 2.70. The van der Waals surface area contributed by atoms with Crippen LogP contribution in [0.1, 0.15) is 12.8 Å². The highest BCUT2D eigenvalue weighted by atomic mass is 16.5. The van der Waals surface area contributed by atoms with Crippen molar-refractivity contribution >= 4 is 5.69 Å². The molecule has 3 aromatic rings. The van der Waals surface area contributed by atoms with Crippen LogP contribution in [-0.2, 0) is 0 Å². The van der Waals surface area contributed by atoms with Gasteiger partial charge in [-0.2, -0.15) is 0 Å². The van der Waals surface area contributed by atoms with E-state index in [9.17, 15) is 0 Å². The van der Waals surface area contributed by atoms with Gasteiger partial charge in [0.25, 0.3) is 0 Å². The molecule has 3 aromatic carbocycles. The van der Waals surface area contributed by atoms with Gasteiger partial charge in [-0.05, 0) is 30.3 Å². The second-order valence-electron chi connectivity index (χ2n) is 6.40. The number of hydrogen-bond donors (Lipinski definition) is 0. The Morgan fingerprint density at radius 3 is 2.08 bits per heavy atom. The Kier molecular flexibility index (Phi) is 5.06. The van der Waals surface area contributed by atoms with Crippen LogP contribution in [0, 0.1) is 6.07 Å². The predicted octanol–water partition coefficient (Wildman–Crippen LogP) is 4.94. The molecule has 3 heteroatoms. The minimum atomic E-state index is -0.0847. The molecule has 1 saturated heterocycles. The molecule has 0 N–H and O–H groups in total. The van der Waals surface area contributed by atoms with E-state index >= 15 is 0 Å². The van der Waals surface area contributed by atoms with Crippen molar-refractivity contribution in [3.8, 4) is 11.5 Å². The first kappa shape index (κ1) is 16.5. The van der Waals surface area contributed by atoms with Crippen molar-refractivity contribution in [1.29, 1.82) is 0 Å². The van der Waals surface area contributed by atoms with Gasteiger partial charge in [0.2, 0.25) is 0 Å². The van der Waals surface area contributed by atoms with Crippen LogP contribution in [0.5, 0.6) is 11.5 Å². The molecule has 131 valence electrons. The third-order valence-electron chi connectivity index (χ3n) is 4.57. The molecule has 1 fully saturated rings. The first-order valence-electron chi connectivity index (χ1n) is 9.05. The number of rotatable bonds is 5. The molecule has 1 heterocycles. The molecular formula is C23H22NO2. The standard InChI is InChI=1S/C23H22NO2/c1-4-10-19(11-5-1)24-17-16-22(25-20-12-6-2-7-13-20)18-23(24)26-21-14-8-3-9-15-21/h1-10,12-15,22-23H,16-18H2. The Bertz CT molecular complexity index is 792. The molecule has 0 aliphatic carbocycles. The Hall–Kier alpha value is -2.94. The third kappa shape index (κ3) is 3.99. The summed E-state index contributed by atoms with van der Waals surface area (Å²) in [7, 11) is 0. The van der Waals surface area contributed by atoms with Gasteiger partial charge in [-0.3, -0.25) is 0 Å². The molecule has 0 saturated carbocycles. The van der Waals surface area contributed by atoms with Gasteiger partial charge in [0.05, 0.1) is 0 Å². The lowest BCUT2D eigenvalue weighted by atomic mass is 10.0. The monoisotopic (exact) mass is 344 g/mol. The SMILES string of the molecule is [c]1ccccc1N1CCC(Oc2ccccc2)CC1Oc1ccccc1. The van der Waals surface area contributed by atoms with Crippen molar-refractivity contribution in [1.82, 2.24) is 0 Å². The summed E-state index contributed by atoms with van der Waals surface area (Å²) < 4.78 is 12.5. The Morgan fingerprint density at radius 2 is 1.42 bits per heavy atom. The molecule has 1 radical (unpaired) electrons. The summed E-state index contributed by atoms with van der Waals surface area (Å²) in [6.07, 6.45) is 1.79. The van der Waals surface area contributed by atoms with Crippen LogP contribution < -0.4 is 14.4 Å². The lowest BCUT2D eigenvalue weighted by Gasteiger charge is -2.40. The molecule has 1 aliphatic heterocycles. The van der Waals surface area contributed by atoms with Crippen molar-refractivity contribution in [2.75, 3.05) is 11.4 Å². The molecule has 0 bridgehead atoms. The summed E-state index contributed by atoms with van der Waals surface area (Å²) in [5, 5.41) is 0. The number of piperidine rings is 1. The highest BCUT2D eigenvalue weighted by molar-refractivity contribution is 5.46. The largest absolute Gasteiger partial charge is 0.490 e. The highest BCUT2D eigenvalue weighted by Crippen LogP contribution is 2.29. The second-order valence-corrected chi connectivity index (χ2v) is 6.40. The first-order chi connectivity index (χ1) is 12.9. The molecule has 0 spiro atoms. The lowest BCUT2D eigenvalue weighted by Crippen LogP contribution is -2.49. The molecule has 3 nitrogen and oxygen atoms in total. The summed E-state index contributed by atoms with van der Waals surface area (Å²) in [5.74, 6) is 1.79. The number of hydrogen-bond acceptors (Lipinski definition) is 3. The van der Waals surface area contributed by atoms with Crippen molar-refractivity contribution in [3.63, 3.8) is 0 Å². The fourth-order valence-electron chi connectivity index (χ4n) is 3.30. The molecule has 0 aromatic heterocycles. The normalized spacial score (nSPS) is 19.8. The van der Waals surface area contributed by atoms with Crippen molar-refractivity contribution in [2.24, 2.45) is 0 Å². The zero-order valence-electron chi connectivity index (χ0n) is 14.6. The van der Waals surface area contributed by atoms with E-state index in [0.717, 1.165) is 36.6 Å². The minimum Gasteiger partial charge on any atom is -0.490 e. The third-order valence-corrected chi connectivity index (χ3v) is 4.57. The Balaban J connectivity index is 1.52. The summed E-state index contributed by atoms with van der Waals surface area (Å²) in [5.41, 5.74) is 1.06. The highest BCUT2D eigenvalue weighted by Gasteiger charge is 2.31. The van der Waals surface area contributed by atoms with Gasteiger partial charge in [0, 0.05) is 31.1 Å². The van der Waals surface area contributed by atoms with E-state index in [0.29, 0.717) is 0 Å². The molecule has 4 rings (SSSR count). The van der Waals surface area contributed by atoms with Crippen LogP contribution >= 0.6 is 0 Å². The van der Waals surface area contributed by atoms with Gasteiger partial charge in [-0.1, -0.05) is 54.6 Å². The maximum Gasteiger partial charge on any atom is 0.175 e. The van der Waals surface area contributed by atoms with Crippen LogP contribution in [0.15, 0.2) is 84.9 Å². The number of benzene rings is 3. The van der Waals surface area contributed by atoms with E-state index in [2.05, 4.69) is 17.0 Å². The maximum atomic E-state index is 6.32. The molecule has 2 unspecified atom stereocenters. The lowest BCUT2D eigenvalue weighted by molar-refractivity contribution is 0.0778. The van der Waals surface area contributed by atoms with Gasteiger partial charge in [0.15, 0.2) is 6.23 Å². The minimum absolute atomic E-state index is 0.0847. The maximum absolute atomic E-state index is 6.32. The molecular weight excluding hydrogens is 322 g/mol. The van der Waals surface area contributed by atoms with E-state index in [1.807, 2.05) is 78.9 Å². The Labute approximate surface area is 154 Å². The number of nitrogens with zero attached hydrogens (tertiary/aromatic N) is 1. The fourth-order valence-corrected chi connectivity index (χ4v) is 3.30. The first-order valence-corrected chi connectivity index (χ1v) is 9.05. The second kappa shape index (κ2) is 7.96. The van der Waals surface area contributed by atoms with Crippen molar-refractivity contribution in [3.05, 3.63) is 91.0 Å². The zero-order chi connectivity index (χ0) is 17.6. The number of anilines is 1. The van der Waals surface area contributed by atoms with Crippen LogP contribution in [0.3, 0.4) is 0 Å². The smallest absolute Gasteiger partial charge is 0.175 e. The zero-order valence-corrected chi connectivity index (χ0v) is 14.6. The van der Waals surface area contributed by atoms with Gasteiger partial charge in [-0.25, -0.2) is 0 Å². The van der Waals surface area contributed by atoms with Crippen LogP contribution in [0.2, 0.25) is 0 Å². The number of ether oxygens (including phenoxy) is 2. The summed E-state index contributed by atoms with van der Waals surface area (Å²) in [6, 6.07) is 31.4. The van der Waals surface area contributed by atoms with E-state index in [1.165, 1.54) is 0 Å². The van der Waals surface area contributed by atoms with E-state index in [1.54, 1.807) is 0 Å². The molecule has 2 atom stereocenters. The van der Waals surface area contributed by atoms with Crippen LogP contribution in [0.25, 0.3) is 0 Å². The van der Waals surface area contributed by atoms with Gasteiger partial charge >= 0.3 is 0 Å². The van der Waals surface area contributed by atoms with Gasteiger partial charge in [0.1, 0.15) is 17.6 Å². The van der Waals surface area contributed by atoms with E-state index in [-0.39, 0.29) is 12.3 Å². The van der Waals surface area contributed by atoms with E-state index < -0.39 is 0 Å². The summed E-state index contributed by atoms with van der Waals surface area (Å²) >= 11 is 0. The predicted molar refractivity (Wildman–Crippen MR) is 104 cm³/mol. The van der Waals surface area contributed by atoms with Crippen molar-refractivity contribution < 1.29 is 9.47 Å². The van der Waals surface area contributed by atoms with Crippen LogP contribution in [0.4, 0.5) is 5.69 Å². The summed E-state index contributed by atoms with van der Waals surface area (Å²) in [4.78, 5) is 2.28. The van der Waals surface area contributed by atoms with Gasteiger partial charge < -0.3 is 14.4 Å². The molecule has 1 aliphatic rings. The topological polar surface area (TPSA) is 21.7 Å². The summed E-state index contributed by atoms with van der Waals surface area (Å²) in [6.45, 7) is 0.871. The van der Waals surface area contributed by atoms with Crippen LogP contribution in [-0.4, -0.2) is 18.9 Å². The Morgan fingerprint density at radius 1 is 0.769 bits per heavy atom. The van der Waals surface area contributed by atoms with Gasteiger partial charge in [-0.15, -0.1) is 0 Å². The fraction of sp³-hybridized carbons (Fsp3) is 0.217. The average molecular weight is 344 g/mol. The quantitative estimate of drug-likeness (QED) is 0.654. The number of para-hydroxylation sites is 3. The molecule has 0 amide bonds. The van der Waals surface area contributed by atoms with Crippen molar-refractivity contribution in [2.45, 2.75) is 25.2 Å².